The minimum atomic E-state index is 0.0209. The molecular weight excluding hydrogens is 322 g/mol. The summed E-state index contributed by atoms with van der Waals surface area (Å²) in [5.74, 6) is 0.840. The first-order valence-electron chi connectivity index (χ1n) is 8.37. The van der Waals surface area contributed by atoms with E-state index in [0.29, 0.717) is 11.7 Å². The quantitative estimate of drug-likeness (QED) is 0.899. The number of amides is 1. The van der Waals surface area contributed by atoms with Gasteiger partial charge in [-0.25, -0.2) is 4.98 Å². The number of benzene rings is 1. The number of thiazole rings is 1. The molecule has 2 heterocycles. The van der Waals surface area contributed by atoms with Gasteiger partial charge in [0, 0.05) is 10.9 Å². The van der Waals surface area contributed by atoms with Crippen molar-refractivity contribution >= 4 is 22.4 Å². The zero-order valence-electron chi connectivity index (χ0n) is 14.0. The van der Waals surface area contributed by atoms with Gasteiger partial charge in [0.25, 0.3) is 0 Å². The Labute approximate surface area is 146 Å². The van der Waals surface area contributed by atoms with Crippen LogP contribution in [0.15, 0.2) is 29.6 Å². The van der Waals surface area contributed by atoms with Crippen molar-refractivity contribution in [3.63, 3.8) is 0 Å². The maximum absolute atomic E-state index is 12.2. The van der Waals surface area contributed by atoms with Crippen molar-refractivity contribution in [2.45, 2.75) is 25.7 Å². The largest absolute Gasteiger partial charge is 0.497 e. The van der Waals surface area contributed by atoms with Crippen LogP contribution in [0.25, 0.3) is 11.3 Å². The Hall–Kier alpha value is -1.92. The lowest BCUT2D eigenvalue weighted by molar-refractivity contribution is -0.117. The summed E-state index contributed by atoms with van der Waals surface area (Å²) in [6, 6.07) is 7.76. The van der Waals surface area contributed by atoms with Gasteiger partial charge in [0.15, 0.2) is 5.13 Å². The Balaban J connectivity index is 1.57. The van der Waals surface area contributed by atoms with Gasteiger partial charge in [-0.2, -0.15) is 0 Å². The predicted octanol–water partition coefficient (Wildman–Crippen LogP) is 3.63. The Kier molecular flexibility index (Phi) is 5.82. The van der Waals surface area contributed by atoms with Crippen molar-refractivity contribution < 1.29 is 9.53 Å². The Bertz CT molecular complexity index is 661. The lowest BCUT2D eigenvalue weighted by atomic mass is 10.2. The summed E-state index contributed by atoms with van der Waals surface area (Å²) in [6.07, 6.45) is 4.92. The molecule has 1 aliphatic heterocycles. The van der Waals surface area contributed by atoms with Crippen LogP contribution in [0, 0.1) is 0 Å². The van der Waals surface area contributed by atoms with Crippen molar-refractivity contribution in [1.29, 1.82) is 0 Å². The van der Waals surface area contributed by atoms with Gasteiger partial charge in [-0.3, -0.25) is 9.69 Å². The van der Waals surface area contributed by atoms with E-state index in [9.17, 15) is 4.79 Å². The van der Waals surface area contributed by atoms with Gasteiger partial charge in [-0.1, -0.05) is 12.8 Å². The second-order valence-electron chi connectivity index (χ2n) is 6.00. The van der Waals surface area contributed by atoms with Gasteiger partial charge in [0.2, 0.25) is 5.91 Å². The fourth-order valence-electron chi connectivity index (χ4n) is 2.88. The van der Waals surface area contributed by atoms with Gasteiger partial charge >= 0.3 is 0 Å². The van der Waals surface area contributed by atoms with E-state index in [1.807, 2.05) is 29.6 Å². The minimum absolute atomic E-state index is 0.0209. The predicted molar refractivity (Wildman–Crippen MR) is 97.6 cm³/mol. The Morgan fingerprint density at radius 2 is 1.92 bits per heavy atom. The number of nitrogens with zero attached hydrogens (tertiary/aromatic N) is 2. The van der Waals surface area contributed by atoms with Crippen LogP contribution in [-0.4, -0.2) is 42.5 Å². The molecular formula is C18H23N3O2S. The van der Waals surface area contributed by atoms with E-state index in [-0.39, 0.29) is 5.91 Å². The number of rotatable bonds is 5. The van der Waals surface area contributed by atoms with Gasteiger partial charge in [0.1, 0.15) is 5.75 Å². The number of nitrogens with one attached hydrogen (secondary N) is 1. The molecule has 3 rings (SSSR count). The minimum Gasteiger partial charge on any atom is -0.497 e. The van der Waals surface area contributed by atoms with Crippen molar-refractivity contribution in [2.24, 2.45) is 0 Å². The first-order chi connectivity index (χ1) is 11.7. The molecule has 0 saturated carbocycles. The molecule has 1 aromatic heterocycles. The summed E-state index contributed by atoms with van der Waals surface area (Å²) >= 11 is 1.46. The summed E-state index contributed by atoms with van der Waals surface area (Å²) in [5, 5.41) is 5.54. The third-order valence-corrected chi connectivity index (χ3v) is 4.96. The second-order valence-corrected chi connectivity index (χ2v) is 6.86. The highest BCUT2D eigenvalue weighted by atomic mass is 32.1. The molecule has 0 bridgehead atoms. The number of methoxy groups -OCH3 is 1. The Morgan fingerprint density at radius 1 is 1.21 bits per heavy atom. The van der Waals surface area contributed by atoms with Crippen LogP contribution >= 0.6 is 11.3 Å². The van der Waals surface area contributed by atoms with Gasteiger partial charge in [0.05, 0.1) is 19.3 Å². The fraction of sp³-hybridized carbons (Fsp3) is 0.444. The average molecular weight is 345 g/mol. The zero-order valence-corrected chi connectivity index (χ0v) is 14.8. The van der Waals surface area contributed by atoms with E-state index in [1.165, 1.54) is 37.0 Å². The van der Waals surface area contributed by atoms with E-state index in [0.717, 1.165) is 30.1 Å². The molecule has 5 nitrogen and oxygen atoms in total. The van der Waals surface area contributed by atoms with Crippen LogP contribution in [0.1, 0.15) is 25.7 Å². The summed E-state index contributed by atoms with van der Waals surface area (Å²) in [6.45, 7) is 2.49. The summed E-state index contributed by atoms with van der Waals surface area (Å²) in [4.78, 5) is 19.0. The van der Waals surface area contributed by atoms with Crippen LogP contribution < -0.4 is 10.1 Å². The number of hydrogen-bond donors (Lipinski definition) is 1. The van der Waals surface area contributed by atoms with Crippen LogP contribution in [0.2, 0.25) is 0 Å². The average Bonchev–Trinajstić information content (AvgIpc) is 2.90. The molecule has 1 fully saturated rings. The number of carbonyl (C=O) groups excluding carboxylic acids is 1. The molecule has 0 unspecified atom stereocenters. The fourth-order valence-corrected chi connectivity index (χ4v) is 3.62. The normalized spacial score (nSPS) is 15.7. The van der Waals surface area contributed by atoms with Crippen LogP contribution in [0.4, 0.5) is 5.13 Å². The van der Waals surface area contributed by atoms with Crippen molar-refractivity contribution in [1.82, 2.24) is 9.88 Å². The number of ether oxygens (including phenoxy) is 1. The molecule has 24 heavy (non-hydrogen) atoms. The van der Waals surface area contributed by atoms with Crippen molar-refractivity contribution in [3.8, 4) is 17.0 Å². The summed E-state index contributed by atoms with van der Waals surface area (Å²) in [5.41, 5.74) is 1.88. The molecule has 1 aliphatic rings. The third kappa shape index (κ3) is 4.55. The SMILES string of the molecule is COc1ccc(-c2csc(NC(=O)CN3CCCCCC3)n2)cc1. The lowest BCUT2D eigenvalue weighted by Gasteiger charge is -2.18. The number of anilines is 1. The summed E-state index contributed by atoms with van der Waals surface area (Å²) < 4.78 is 5.16. The maximum Gasteiger partial charge on any atom is 0.240 e. The number of likely N-dealkylation sites (tertiary alicyclic amines) is 1. The van der Waals surface area contributed by atoms with Crippen LogP contribution in [-0.2, 0) is 4.79 Å². The Morgan fingerprint density at radius 3 is 2.58 bits per heavy atom. The highest BCUT2D eigenvalue weighted by Crippen LogP contribution is 2.26. The first kappa shape index (κ1) is 16.9. The highest BCUT2D eigenvalue weighted by Gasteiger charge is 2.14. The molecule has 1 aromatic carbocycles. The summed E-state index contributed by atoms with van der Waals surface area (Å²) in [7, 11) is 1.65. The molecule has 1 N–H and O–H groups in total. The zero-order chi connectivity index (χ0) is 16.8. The van der Waals surface area contributed by atoms with E-state index in [4.69, 9.17) is 4.74 Å². The topological polar surface area (TPSA) is 54.5 Å². The number of hydrogen-bond acceptors (Lipinski definition) is 5. The molecule has 6 heteroatoms. The molecule has 128 valence electrons. The highest BCUT2D eigenvalue weighted by molar-refractivity contribution is 7.14. The smallest absolute Gasteiger partial charge is 0.240 e. The van der Waals surface area contributed by atoms with E-state index in [1.54, 1.807) is 7.11 Å². The molecule has 0 atom stereocenters. The molecule has 0 spiro atoms. The maximum atomic E-state index is 12.2. The first-order valence-corrected chi connectivity index (χ1v) is 9.25. The number of aromatic nitrogens is 1. The van der Waals surface area contributed by atoms with E-state index < -0.39 is 0 Å². The van der Waals surface area contributed by atoms with Crippen LogP contribution in [0.5, 0.6) is 5.75 Å². The second kappa shape index (κ2) is 8.26. The molecule has 1 amide bonds. The monoisotopic (exact) mass is 345 g/mol. The lowest BCUT2D eigenvalue weighted by Crippen LogP contribution is -2.33. The molecule has 1 saturated heterocycles. The molecule has 2 aromatic rings. The van der Waals surface area contributed by atoms with Gasteiger partial charge in [-0.05, 0) is 50.2 Å². The standard InChI is InChI=1S/C18H23N3O2S/c1-23-15-8-6-14(7-9-15)16-13-24-18(19-16)20-17(22)12-21-10-4-2-3-5-11-21/h6-9,13H,2-5,10-12H2,1H3,(H,19,20,22). The van der Waals surface area contributed by atoms with Gasteiger partial charge in [-0.15, -0.1) is 11.3 Å². The van der Waals surface area contributed by atoms with E-state index >= 15 is 0 Å². The van der Waals surface area contributed by atoms with E-state index in [2.05, 4.69) is 15.2 Å². The van der Waals surface area contributed by atoms with Crippen LogP contribution in [0.3, 0.4) is 0 Å². The molecule has 0 radical (unpaired) electrons. The van der Waals surface area contributed by atoms with Gasteiger partial charge < -0.3 is 10.1 Å². The molecule has 0 aliphatic carbocycles. The number of carbonyl (C=O) groups is 1. The van der Waals surface area contributed by atoms with Crippen molar-refractivity contribution in [2.75, 3.05) is 32.1 Å². The third-order valence-electron chi connectivity index (χ3n) is 4.20. The van der Waals surface area contributed by atoms with Crippen molar-refractivity contribution in [3.05, 3.63) is 29.6 Å².